The van der Waals surface area contributed by atoms with Crippen LogP contribution in [-0.2, 0) is 0 Å². The lowest BCUT2D eigenvalue weighted by Gasteiger charge is -2.40. The van der Waals surface area contributed by atoms with Gasteiger partial charge in [0.15, 0.2) is 0 Å². The van der Waals surface area contributed by atoms with Crippen molar-refractivity contribution in [3.63, 3.8) is 0 Å². The highest BCUT2D eigenvalue weighted by atomic mass is 32.1. The summed E-state index contributed by atoms with van der Waals surface area (Å²) in [5.74, 6) is 0.685. The van der Waals surface area contributed by atoms with Gasteiger partial charge in [0.2, 0.25) is 5.95 Å². The van der Waals surface area contributed by atoms with Gasteiger partial charge in [0, 0.05) is 48.6 Å². The molecule has 0 radical (unpaired) electrons. The van der Waals surface area contributed by atoms with E-state index in [1.54, 1.807) is 11.3 Å². The van der Waals surface area contributed by atoms with Crippen LogP contribution in [0.25, 0.3) is 32.6 Å². The monoisotopic (exact) mass is 420 g/mol. The van der Waals surface area contributed by atoms with E-state index < -0.39 is 0 Å². The highest BCUT2D eigenvalue weighted by Crippen LogP contribution is 2.36. The summed E-state index contributed by atoms with van der Waals surface area (Å²) >= 11 is 1.60. The number of fused-ring (bicyclic) bond motifs is 1. The fourth-order valence-corrected chi connectivity index (χ4v) is 4.67. The Morgan fingerprint density at radius 1 is 1.10 bits per heavy atom. The van der Waals surface area contributed by atoms with Crippen LogP contribution in [0.5, 0.6) is 0 Å². The first-order chi connectivity index (χ1) is 14.5. The molecule has 1 atom stereocenters. The van der Waals surface area contributed by atoms with Crippen LogP contribution in [0.1, 0.15) is 20.8 Å². The minimum absolute atomic E-state index is 0.181. The molecule has 9 heteroatoms. The Kier molecular flexibility index (Phi) is 4.71. The standard InChI is InChI=1S/C21H24N8S/c1-21(2,3)17-11-29(7-6-22-17)20-23-10-16(27-28-20)15-5-4-14(13-8-25-26-9-13)18-19(15)30-12-24-18/h4-5,8-10,12,17,22H,6-7,11H2,1-3H3,(H,25,26). The smallest absolute Gasteiger partial charge is 0.245 e. The molecule has 0 amide bonds. The van der Waals surface area contributed by atoms with Gasteiger partial charge in [-0.05, 0) is 5.41 Å². The van der Waals surface area contributed by atoms with E-state index in [1.807, 2.05) is 24.1 Å². The molecular formula is C21H24N8S. The summed E-state index contributed by atoms with van der Waals surface area (Å²) in [4.78, 5) is 11.4. The fraction of sp³-hybridized carbons (Fsp3) is 0.381. The van der Waals surface area contributed by atoms with E-state index in [4.69, 9.17) is 0 Å². The van der Waals surface area contributed by atoms with Gasteiger partial charge in [-0.2, -0.15) is 5.10 Å². The average Bonchev–Trinajstić information content (AvgIpc) is 3.45. The lowest BCUT2D eigenvalue weighted by molar-refractivity contribution is 0.252. The van der Waals surface area contributed by atoms with Crippen molar-refractivity contribution in [2.75, 3.05) is 24.5 Å². The van der Waals surface area contributed by atoms with Gasteiger partial charge >= 0.3 is 0 Å². The van der Waals surface area contributed by atoms with Crippen molar-refractivity contribution in [2.45, 2.75) is 26.8 Å². The first-order valence-electron chi connectivity index (χ1n) is 10.0. The van der Waals surface area contributed by atoms with Crippen LogP contribution < -0.4 is 10.2 Å². The van der Waals surface area contributed by atoms with Crippen LogP contribution >= 0.6 is 11.3 Å². The molecule has 0 bridgehead atoms. The lowest BCUT2D eigenvalue weighted by Crippen LogP contribution is -2.56. The second kappa shape index (κ2) is 7.41. The fourth-order valence-electron chi connectivity index (χ4n) is 3.83. The van der Waals surface area contributed by atoms with Crippen LogP contribution in [0.3, 0.4) is 0 Å². The molecule has 1 aromatic carbocycles. The minimum Gasteiger partial charge on any atom is -0.337 e. The summed E-state index contributed by atoms with van der Waals surface area (Å²) in [6, 6.07) is 4.51. The molecule has 3 aromatic heterocycles. The normalized spacial score (nSPS) is 17.6. The van der Waals surface area contributed by atoms with Gasteiger partial charge < -0.3 is 10.2 Å². The molecule has 0 saturated carbocycles. The van der Waals surface area contributed by atoms with E-state index in [1.165, 1.54) is 0 Å². The van der Waals surface area contributed by atoms with Gasteiger partial charge in [0.1, 0.15) is 5.69 Å². The predicted octanol–water partition coefficient (Wildman–Crippen LogP) is 3.36. The van der Waals surface area contributed by atoms with Crippen molar-refractivity contribution < 1.29 is 0 Å². The number of aromatic amines is 1. The van der Waals surface area contributed by atoms with Crippen molar-refractivity contribution in [2.24, 2.45) is 5.41 Å². The zero-order chi connectivity index (χ0) is 20.7. The summed E-state index contributed by atoms with van der Waals surface area (Å²) in [5, 5.41) is 19.5. The Hall–Kier alpha value is -2.91. The molecule has 0 spiro atoms. The molecule has 8 nitrogen and oxygen atoms in total. The molecule has 5 rings (SSSR count). The number of aromatic nitrogens is 6. The molecule has 0 aliphatic carbocycles. The van der Waals surface area contributed by atoms with Crippen LogP contribution in [0.15, 0.2) is 36.2 Å². The maximum Gasteiger partial charge on any atom is 0.245 e. The van der Waals surface area contributed by atoms with Crippen molar-refractivity contribution in [1.82, 2.24) is 35.7 Å². The zero-order valence-electron chi connectivity index (χ0n) is 17.3. The number of nitrogens with zero attached hydrogens (tertiary/aromatic N) is 6. The third kappa shape index (κ3) is 3.44. The van der Waals surface area contributed by atoms with Gasteiger partial charge in [-0.15, -0.1) is 21.5 Å². The van der Waals surface area contributed by atoms with Crippen LogP contribution in [0.4, 0.5) is 5.95 Å². The van der Waals surface area contributed by atoms with Crippen molar-refractivity contribution in [3.05, 3.63) is 36.2 Å². The lowest BCUT2D eigenvalue weighted by atomic mass is 9.85. The van der Waals surface area contributed by atoms with Crippen LogP contribution in [0, 0.1) is 5.41 Å². The zero-order valence-corrected chi connectivity index (χ0v) is 18.1. The number of thiazole rings is 1. The van der Waals surface area contributed by atoms with Gasteiger partial charge in [-0.1, -0.05) is 32.9 Å². The summed E-state index contributed by atoms with van der Waals surface area (Å²) in [6.07, 6.45) is 5.51. The third-order valence-corrected chi connectivity index (χ3v) is 6.48. The van der Waals surface area contributed by atoms with Crippen molar-refractivity contribution in [3.8, 4) is 22.4 Å². The molecular weight excluding hydrogens is 396 g/mol. The Bertz CT molecular complexity index is 1140. The van der Waals surface area contributed by atoms with Crippen molar-refractivity contribution >= 4 is 27.5 Å². The van der Waals surface area contributed by atoms with E-state index in [2.05, 4.69) is 73.5 Å². The number of hydrogen-bond acceptors (Lipinski definition) is 8. The van der Waals surface area contributed by atoms with Crippen LogP contribution in [0.2, 0.25) is 0 Å². The SMILES string of the molecule is CC(C)(C)C1CN(c2ncc(-c3ccc(-c4cn[nH]c4)c4ncsc34)nn2)CCN1. The Morgan fingerprint density at radius 2 is 1.97 bits per heavy atom. The molecule has 2 N–H and O–H groups in total. The van der Waals surface area contributed by atoms with Crippen molar-refractivity contribution in [1.29, 1.82) is 0 Å². The summed E-state index contributed by atoms with van der Waals surface area (Å²) in [7, 11) is 0. The second-order valence-corrected chi connectivity index (χ2v) is 9.49. The first kappa shape index (κ1) is 19.1. The van der Waals surface area contributed by atoms with Crippen LogP contribution in [-0.4, -0.2) is 56.0 Å². The molecule has 1 aliphatic heterocycles. The number of rotatable bonds is 3. The Balaban J connectivity index is 1.45. The molecule has 4 aromatic rings. The summed E-state index contributed by atoms with van der Waals surface area (Å²) < 4.78 is 1.08. The number of hydrogen-bond donors (Lipinski definition) is 2. The van der Waals surface area contributed by atoms with Gasteiger partial charge in [-0.3, -0.25) is 5.10 Å². The first-order valence-corrected chi connectivity index (χ1v) is 10.9. The number of H-pyrrole nitrogens is 1. The molecule has 1 saturated heterocycles. The quantitative estimate of drug-likeness (QED) is 0.525. The highest BCUT2D eigenvalue weighted by molar-refractivity contribution is 7.17. The third-order valence-electron chi connectivity index (χ3n) is 5.62. The number of anilines is 1. The predicted molar refractivity (Wildman–Crippen MR) is 119 cm³/mol. The Labute approximate surface area is 178 Å². The molecule has 4 heterocycles. The minimum atomic E-state index is 0.181. The van der Waals surface area contributed by atoms with E-state index >= 15 is 0 Å². The van der Waals surface area contributed by atoms with Gasteiger partial charge in [0.05, 0.1) is 28.1 Å². The van der Waals surface area contributed by atoms with Gasteiger partial charge in [0.25, 0.3) is 0 Å². The largest absolute Gasteiger partial charge is 0.337 e. The number of piperazine rings is 1. The highest BCUT2D eigenvalue weighted by Gasteiger charge is 2.30. The van der Waals surface area contributed by atoms with Gasteiger partial charge in [-0.25, -0.2) is 9.97 Å². The maximum absolute atomic E-state index is 4.65. The van der Waals surface area contributed by atoms with E-state index in [0.717, 1.165) is 52.2 Å². The van der Waals surface area contributed by atoms with E-state index in [0.29, 0.717) is 12.0 Å². The second-order valence-electron chi connectivity index (χ2n) is 8.64. The van der Waals surface area contributed by atoms with E-state index in [9.17, 15) is 0 Å². The van der Waals surface area contributed by atoms with E-state index in [-0.39, 0.29) is 5.41 Å². The molecule has 1 aliphatic rings. The Morgan fingerprint density at radius 3 is 2.70 bits per heavy atom. The number of nitrogens with one attached hydrogen (secondary N) is 2. The molecule has 154 valence electrons. The molecule has 1 unspecified atom stereocenters. The topological polar surface area (TPSA) is 95.5 Å². The summed E-state index contributed by atoms with van der Waals surface area (Å²) in [6.45, 7) is 9.44. The molecule has 1 fully saturated rings. The summed E-state index contributed by atoms with van der Waals surface area (Å²) in [5.41, 5.74) is 6.81. The molecule has 30 heavy (non-hydrogen) atoms. The number of benzene rings is 1. The average molecular weight is 421 g/mol. The maximum atomic E-state index is 4.65.